The van der Waals surface area contributed by atoms with Crippen molar-refractivity contribution in [1.29, 1.82) is 0 Å². The molecule has 0 fully saturated rings. The molecule has 1 N–H and O–H groups in total. The van der Waals surface area contributed by atoms with Gasteiger partial charge in [0.05, 0.1) is 0 Å². The van der Waals surface area contributed by atoms with E-state index in [0.717, 1.165) is 6.54 Å². The molecular formula is C10H24N2. The number of hydrogen-bond donors (Lipinski definition) is 1. The molecule has 2 nitrogen and oxygen atoms in total. The predicted molar refractivity (Wildman–Crippen MR) is 55.5 cm³/mol. The molecule has 0 aromatic rings. The molecule has 0 aliphatic heterocycles. The Bertz CT molecular complexity index is 108. The van der Waals surface area contributed by atoms with Crippen LogP contribution in [0.25, 0.3) is 0 Å². The Morgan fingerprint density at radius 1 is 1.17 bits per heavy atom. The summed E-state index contributed by atoms with van der Waals surface area (Å²) >= 11 is 0. The average Bonchev–Trinajstić information content (AvgIpc) is 1.98. The van der Waals surface area contributed by atoms with Gasteiger partial charge in [0.1, 0.15) is 0 Å². The van der Waals surface area contributed by atoms with Gasteiger partial charge >= 0.3 is 0 Å². The van der Waals surface area contributed by atoms with E-state index in [1.807, 2.05) is 7.05 Å². The van der Waals surface area contributed by atoms with E-state index >= 15 is 0 Å². The van der Waals surface area contributed by atoms with E-state index < -0.39 is 0 Å². The summed E-state index contributed by atoms with van der Waals surface area (Å²) in [6.45, 7) is 7.00. The summed E-state index contributed by atoms with van der Waals surface area (Å²) in [6.07, 6.45) is 2.54. The van der Waals surface area contributed by atoms with Crippen LogP contribution in [0.2, 0.25) is 0 Å². The average molecular weight is 172 g/mol. The van der Waals surface area contributed by atoms with Crippen LogP contribution < -0.4 is 5.32 Å². The molecule has 2 heteroatoms. The van der Waals surface area contributed by atoms with E-state index in [1.165, 1.54) is 19.4 Å². The molecule has 0 bridgehead atoms. The van der Waals surface area contributed by atoms with Crippen molar-refractivity contribution < 1.29 is 0 Å². The van der Waals surface area contributed by atoms with Gasteiger partial charge < -0.3 is 10.2 Å². The van der Waals surface area contributed by atoms with Crippen LogP contribution in [0.1, 0.15) is 26.7 Å². The van der Waals surface area contributed by atoms with Crippen LogP contribution in [0.15, 0.2) is 0 Å². The molecule has 0 aromatic heterocycles. The van der Waals surface area contributed by atoms with E-state index in [0.29, 0.717) is 5.41 Å². The fourth-order valence-corrected chi connectivity index (χ4v) is 1.11. The van der Waals surface area contributed by atoms with Crippen LogP contribution in [0.4, 0.5) is 0 Å². The quantitative estimate of drug-likeness (QED) is 0.654. The molecule has 74 valence electrons. The van der Waals surface area contributed by atoms with Gasteiger partial charge in [0.15, 0.2) is 0 Å². The van der Waals surface area contributed by atoms with Crippen molar-refractivity contribution in [3.8, 4) is 0 Å². The van der Waals surface area contributed by atoms with Gasteiger partial charge in [0, 0.05) is 0 Å². The van der Waals surface area contributed by atoms with Gasteiger partial charge in [0.2, 0.25) is 0 Å². The smallest absolute Gasteiger partial charge is 0.00197 e. The first kappa shape index (κ1) is 11.9. The van der Waals surface area contributed by atoms with Crippen LogP contribution >= 0.6 is 0 Å². The lowest BCUT2D eigenvalue weighted by Crippen LogP contribution is -2.24. The largest absolute Gasteiger partial charge is 0.320 e. The second kappa shape index (κ2) is 5.55. The molecule has 12 heavy (non-hydrogen) atoms. The van der Waals surface area contributed by atoms with E-state index in [9.17, 15) is 0 Å². The van der Waals surface area contributed by atoms with Gasteiger partial charge in [-0.1, -0.05) is 13.8 Å². The Balaban J connectivity index is 3.56. The predicted octanol–water partition coefficient (Wildman–Crippen LogP) is 1.57. The van der Waals surface area contributed by atoms with Crippen molar-refractivity contribution in [3.05, 3.63) is 0 Å². The fourth-order valence-electron chi connectivity index (χ4n) is 1.11. The number of hydrogen-bond acceptors (Lipinski definition) is 2. The molecule has 0 radical (unpaired) electrons. The summed E-state index contributed by atoms with van der Waals surface area (Å²) in [5.41, 5.74) is 0.479. The zero-order chi connectivity index (χ0) is 9.61. The number of nitrogens with zero attached hydrogens (tertiary/aromatic N) is 1. The summed E-state index contributed by atoms with van der Waals surface area (Å²) in [7, 11) is 6.28. The summed E-state index contributed by atoms with van der Waals surface area (Å²) in [5.74, 6) is 0. The molecule has 0 saturated heterocycles. The number of rotatable bonds is 6. The molecule has 0 aliphatic rings. The highest BCUT2D eigenvalue weighted by Crippen LogP contribution is 2.24. The first-order valence-electron chi connectivity index (χ1n) is 4.77. The third-order valence-electron chi connectivity index (χ3n) is 2.29. The highest BCUT2D eigenvalue weighted by atomic mass is 15.0. The first-order chi connectivity index (χ1) is 5.48. The monoisotopic (exact) mass is 172 g/mol. The maximum Gasteiger partial charge on any atom is -0.00197 e. The maximum absolute atomic E-state index is 3.20. The van der Waals surface area contributed by atoms with Crippen molar-refractivity contribution in [2.45, 2.75) is 26.7 Å². The summed E-state index contributed by atoms with van der Waals surface area (Å²) in [5, 5.41) is 3.20. The molecule has 0 spiro atoms. The second-order valence-electron chi connectivity index (χ2n) is 4.57. The topological polar surface area (TPSA) is 15.3 Å². The summed E-state index contributed by atoms with van der Waals surface area (Å²) < 4.78 is 0. The standard InChI is InChI=1S/C10H24N2/c1-10(2,6-8-11-3)7-9-12(4)5/h11H,6-9H2,1-5H3. The molecule has 0 rings (SSSR count). The highest BCUT2D eigenvalue weighted by Gasteiger charge is 2.16. The molecule has 0 aliphatic carbocycles. The summed E-state index contributed by atoms with van der Waals surface area (Å²) in [6, 6.07) is 0. The van der Waals surface area contributed by atoms with Gasteiger partial charge in [-0.15, -0.1) is 0 Å². The molecule has 0 unspecified atom stereocenters. The minimum absolute atomic E-state index is 0.479. The zero-order valence-electron chi connectivity index (χ0n) is 9.28. The summed E-state index contributed by atoms with van der Waals surface area (Å²) in [4.78, 5) is 2.25. The molecule has 0 aromatic carbocycles. The zero-order valence-corrected chi connectivity index (χ0v) is 9.28. The lowest BCUT2D eigenvalue weighted by molar-refractivity contribution is 0.257. The van der Waals surface area contributed by atoms with E-state index in [-0.39, 0.29) is 0 Å². The minimum Gasteiger partial charge on any atom is -0.320 e. The van der Waals surface area contributed by atoms with Crippen LogP contribution in [0.3, 0.4) is 0 Å². The van der Waals surface area contributed by atoms with Crippen molar-refractivity contribution in [1.82, 2.24) is 10.2 Å². The Labute approximate surface area is 77.3 Å². The van der Waals surface area contributed by atoms with Gasteiger partial charge in [-0.05, 0) is 52.5 Å². The van der Waals surface area contributed by atoms with Crippen molar-refractivity contribution in [3.63, 3.8) is 0 Å². The third kappa shape index (κ3) is 6.62. The Hall–Kier alpha value is -0.0800. The molecule has 0 heterocycles. The maximum atomic E-state index is 3.20. The SMILES string of the molecule is CNCCC(C)(C)CCN(C)C. The molecule has 0 amide bonds. The van der Waals surface area contributed by atoms with Crippen LogP contribution in [0.5, 0.6) is 0 Å². The van der Waals surface area contributed by atoms with Crippen molar-refractivity contribution in [2.24, 2.45) is 5.41 Å². The lowest BCUT2D eigenvalue weighted by Gasteiger charge is -2.26. The molecule has 0 atom stereocenters. The highest BCUT2D eigenvalue weighted by molar-refractivity contribution is 4.70. The molecule has 0 saturated carbocycles. The van der Waals surface area contributed by atoms with Gasteiger partial charge in [-0.2, -0.15) is 0 Å². The van der Waals surface area contributed by atoms with Crippen LogP contribution in [0, 0.1) is 5.41 Å². The van der Waals surface area contributed by atoms with Gasteiger partial charge in [-0.25, -0.2) is 0 Å². The second-order valence-corrected chi connectivity index (χ2v) is 4.57. The van der Waals surface area contributed by atoms with Crippen molar-refractivity contribution >= 4 is 0 Å². The Kier molecular flexibility index (Phi) is 5.51. The van der Waals surface area contributed by atoms with Crippen molar-refractivity contribution in [2.75, 3.05) is 34.2 Å². The van der Waals surface area contributed by atoms with E-state index in [1.54, 1.807) is 0 Å². The lowest BCUT2D eigenvalue weighted by atomic mass is 9.85. The third-order valence-corrected chi connectivity index (χ3v) is 2.29. The first-order valence-corrected chi connectivity index (χ1v) is 4.77. The van der Waals surface area contributed by atoms with E-state index in [2.05, 4.69) is 38.2 Å². The Morgan fingerprint density at radius 2 is 1.75 bits per heavy atom. The van der Waals surface area contributed by atoms with Gasteiger partial charge in [-0.3, -0.25) is 0 Å². The molecular weight excluding hydrogens is 148 g/mol. The van der Waals surface area contributed by atoms with Crippen LogP contribution in [-0.2, 0) is 0 Å². The van der Waals surface area contributed by atoms with E-state index in [4.69, 9.17) is 0 Å². The van der Waals surface area contributed by atoms with Crippen LogP contribution in [-0.4, -0.2) is 39.1 Å². The fraction of sp³-hybridized carbons (Fsp3) is 1.00. The normalized spacial score (nSPS) is 12.5. The Morgan fingerprint density at radius 3 is 2.17 bits per heavy atom. The number of nitrogens with one attached hydrogen (secondary N) is 1. The van der Waals surface area contributed by atoms with Gasteiger partial charge in [0.25, 0.3) is 0 Å². The minimum atomic E-state index is 0.479.